The normalized spacial score (nSPS) is 11.6. The molecule has 1 N–H and O–H groups in total. The number of fused-ring (bicyclic) bond motifs is 2. The molecule has 0 saturated carbocycles. The molecule has 0 aliphatic rings. The highest BCUT2D eigenvalue weighted by Gasteiger charge is 2.16. The van der Waals surface area contributed by atoms with E-state index >= 15 is 0 Å². The third-order valence-electron chi connectivity index (χ3n) is 4.59. The topological polar surface area (TPSA) is 80.6 Å². The Morgan fingerprint density at radius 3 is 2.66 bits per heavy atom. The van der Waals surface area contributed by atoms with Gasteiger partial charge in [0, 0.05) is 5.39 Å². The molecule has 2 heterocycles. The lowest BCUT2D eigenvalue weighted by Gasteiger charge is -2.07. The van der Waals surface area contributed by atoms with E-state index in [1.807, 2.05) is 36.4 Å². The van der Waals surface area contributed by atoms with Crippen molar-refractivity contribution in [1.82, 2.24) is 9.66 Å². The van der Waals surface area contributed by atoms with Crippen molar-refractivity contribution >= 4 is 28.1 Å². The van der Waals surface area contributed by atoms with Gasteiger partial charge in [-0.15, -0.1) is 0 Å². The Morgan fingerprint density at radius 2 is 1.79 bits per heavy atom. The van der Waals surface area contributed by atoms with Crippen molar-refractivity contribution < 1.29 is 9.52 Å². The molecule has 5 aromatic rings. The predicted molar refractivity (Wildman–Crippen MR) is 112 cm³/mol. The van der Waals surface area contributed by atoms with Crippen LogP contribution in [-0.4, -0.2) is 21.0 Å². The number of benzene rings is 3. The van der Waals surface area contributed by atoms with Gasteiger partial charge in [-0.3, -0.25) is 4.79 Å². The molecule has 0 aliphatic heterocycles. The van der Waals surface area contributed by atoms with Crippen LogP contribution in [0, 0.1) is 0 Å². The molecule has 3 aromatic carbocycles. The molecule has 0 aliphatic carbocycles. The Balaban J connectivity index is 1.75. The van der Waals surface area contributed by atoms with E-state index in [0.29, 0.717) is 33.6 Å². The molecule has 2 aromatic heterocycles. The molecule has 6 nitrogen and oxygen atoms in total. The first-order valence-corrected chi connectivity index (χ1v) is 9.03. The molecule has 6 heteroatoms. The molecule has 140 valence electrons. The summed E-state index contributed by atoms with van der Waals surface area (Å²) in [6.45, 7) is 0. The summed E-state index contributed by atoms with van der Waals surface area (Å²) in [6, 6.07) is 23.2. The molecular formula is C23H15N3O3. The zero-order valence-electron chi connectivity index (χ0n) is 15.2. The van der Waals surface area contributed by atoms with Crippen LogP contribution < -0.4 is 5.56 Å². The Hall–Kier alpha value is -4.19. The number of aromatic nitrogens is 2. The van der Waals surface area contributed by atoms with Gasteiger partial charge in [0.05, 0.1) is 17.1 Å². The minimum atomic E-state index is -0.303. The number of furan rings is 1. The zero-order chi connectivity index (χ0) is 19.8. The maximum absolute atomic E-state index is 13.1. The van der Waals surface area contributed by atoms with E-state index in [-0.39, 0.29) is 11.3 Å². The van der Waals surface area contributed by atoms with Crippen molar-refractivity contribution in [2.45, 2.75) is 0 Å². The largest absolute Gasteiger partial charge is 0.508 e. The Bertz CT molecular complexity index is 1410. The van der Waals surface area contributed by atoms with Gasteiger partial charge in [-0.25, -0.2) is 4.98 Å². The van der Waals surface area contributed by atoms with E-state index in [1.54, 1.807) is 42.5 Å². The zero-order valence-corrected chi connectivity index (χ0v) is 15.2. The number of phenols is 1. The van der Waals surface area contributed by atoms with Gasteiger partial charge in [-0.2, -0.15) is 9.78 Å². The Kier molecular flexibility index (Phi) is 3.95. The number of rotatable bonds is 3. The van der Waals surface area contributed by atoms with Crippen LogP contribution in [0.5, 0.6) is 5.75 Å². The Morgan fingerprint density at radius 1 is 0.966 bits per heavy atom. The maximum Gasteiger partial charge on any atom is 0.282 e. The van der Waals surface area contributed by atoms with Crippen LogP contribution in [0.25, 0.3) is 33.5 Å². The molecule has 0 amide bonds. The molecule has 0 saturated heterocycles. The van der Waals surface area contributed by atoms with E-state index in [0.717, 1.165) is 5.39 Å². The number of hydrogen-bond donors (Lipinski definition) is 1. The van der Waals surface area contributed by atoms with Crippen molar-refractivity contribution in [2.75, 3.05) is 0 Å². The van der Waals surface area contributed by atoms with Crippen LogP contribution in [-0.2, 0) is 0 Å². The second kappa shape index (κ2) is 6.76. The van der Waals surface area contributed by atoms with Gasteiger partial charge in [-0.1, -0.05) is 42.5 Å². The smallest absolute Gasteiger partial charge is 0.282 e. The van der Waals surface area contributed by atoms with E-state index in [4.69, 9.17) is 4.42 Å². The number of hydrogen-bond acceptors (Lipinski definition) is 5. The number of aromatic hydroxyl groups is 1. The fraction of sp³-hybridized carbons (Fsp3) is 0. The van der Waals surface area contributed by atoms with Gasteiger partial charge in [0.2, 0.25) is 5.82 Å². The quantitative estimate of drug-likeness (QED) is 0.470. The molecule has 29 heavy (non-hydrogen) atoms. The molecule has 0 radical (unpaired) electrons. The summed E-state index contributed by atoms with van der Waals surface area (Å²) in [6.07, 6.45) is 1.50. The monoisotopic (exact) mass is 381 g/mol. The first-order valence-electron chi connectivity index (χ1n) is 9.03. The summed E-state index contributed by atoms with van der Waals surface area (Å²) in [5, 5.41) is 15.4. The van der Waals surface area contributed by atoms with E-state index < -0.39 is 0 Å². The average Bonchev–Trinajstić information content (AvgIpc) is 3.17. The van der Waals surface area contributed by atoms with Gasteiger partial charge in [0.25, 0.3) is 5.56 Å². The van der Waals surface area contributed by atoms with Crippen LogP contribution in [0.3, 0.4) is 0 Å². The van der Waals surface area contributed by atoms with E-state index in [9.17, 15) is 9.90 Å². The van der Waals surface area contributed by atoms with Gasteiger partial charge in [-0.05, 0) is 42.0 Å². The summed E-state index contributed by atoms with van der Waals surface area (Å²) in [7, 11) is 0. The first kappa shape index (κ1) is 16.9. The van der Waals surface area contributed by atoms with Crippen molar-refractivity contribution in [1.29, 1.82) is 0 Å². The van der Waals surface area contributed by atoms with Crippen molar-refractivity contribution in [3.63, 3.8) is 0 Å². The molecule has 0 unspecified atom stereocenters. The SMILES string of the molecule is O=c1c2ccccc2nc(-c2cc3ccccc3o2)n1N=Cc1cccc(O)c1. The molecular weight excluding hydrogens is 366 g/mol. The van der Waals surface area contributed by atoms with Crippen molar-refractivity contribution in [3.8, 4) is 17.3 Å². The maximum atomic E-state index is 13.1. The minimum Gasteiger partial charge on any atom is -0.508 e. The van der Waals surface area contributed by atoms with E-state index in [1.165, 1.54) is 10.9 Å². The lowest BCUT2D eigenvalue weighted by Crippen LogP contribution is -2.20. The molecule has 0 fully saturated rings. The molecule has 0 bridgehead atoms. The number of phenolic OH excluding ortho intramolecular Hbond substituents is 1. The second-order valence-electron chi connectivity index (χ2n) is 6.56. The fourth-order valence-corrected chi connectivity index (χ4v) is 3.21. The Labute approximate surface area is 165 Å². The summed E-state index contributed by atoms with van der Waals surface area (Å²) in [4.78, 5) is 17.8. The highest BCUT2D eigenvalue weighted by Crippen LogP contribution is 2.27. The third kappa shape index (κ3) is 3.06. The first-order chi connectivity index (χ1) is 14.2. The molecule has 5 rings (SSSR count). The highest BCUT2D eigenvalue weighted by atomic mass is 16.3. The van der Waals surface area contributed by atoms with Gasteiger partial charge < -0.3 is 9.52 Å². The summed E-state index contributed by atoms with van der Waals surface area (Å²) < 4.78 is 7.16. The highest BCUT2D eigenvalue weighted by molar-refractivity contribution is 5.84. The standard InChI is InChI=1S/C23H15N3O3/c27-17-8-5-6-15(12-17)14-24-26-22(21-13-16-7-1-4-11-20(16)29-21)25-19-10-3-2-9-18(19)23(26)28/h1-14,27H. The van der Waals surface area contributed by atoms with Crippen molar-refractivity contribution in [2.24, 2.45) is 5.10 Å². The predicted octanol–water partition coefficient (Wildman–Crippen LogP) is 4.40. The fourth-order valence-electron chi connectivity index (χ4n) is 3.21. The van der Waals surface area contributed by atoms with E-state index in [2.05, 4.69) is 10.1 Å². The summed E-state index contributed by atoms with van der Waals surface area (Å²) in [5.41, 5.74) is 1.62. The van der Waals surface area contributed by atoms with Crippen LogP contribution in [0.4, 0.5) is 0 Å². The van der Waals surface area contributed by atoms with Crippen LogP contribution in [0.15, 0.2) is 93.2 Å². The molecule has 0 atom stereocenters. The van der Waals surface area contributed by atoms with Gasteiger partial charge in [0.15, 0.2) is 5.76 Å². The minimum absolute atomic E-state index is 0.121. The molecule has 0 spiro atoms. The number of para-hydroxylation sites is 2. The summed E-state index contributed by atoms with van der Waals surface area (Å²) in [5.74, 6) is 0.874. The van der Waals surface area contributed by atoms with Crippen LogP contribution in [0.1, 0.15) is 5.56 Å². The average molecular weight is 381 g/mol. The second-order valence-corrected chi connectivity index (χ2v) is 6.56. The lowest BCUT2D eigenvalue weighted by atomic mass is 10.2. The number of nitrogens with zero attached hydrogens (tertiary/aromatic N) is 3. The van der Waals surface area contributed by atoms with Crippen molar-refractivity contribution in [3.05, 3.63) is 94.8 Å². The van der Waals surface area contributed by atoms with Gasteiger partial charge >= 0.3 is 0 Å². The van der Waals surface area contributed by atoms with Gasteiger partial charge in [0.1, 0.15) is 11.3 Å². The third-order valence-corrected chi connectivity index (χ3v) is 4.59. The lowest BCUT2D eigenvalue weighted by molar-refractivity contribution is 0.475. The van der Waals surface area contributed by atoms with Crippen LogP contribution in [0.2, 0.25) is 0 Å². The van der Waals surface area contributed by atoms with Crippen LogP contribution >= 0.6 is 0 Å². The summed E-state index contributed by atoms with van der Waals surface area (Å²) >= 11 is 0.